The Balaban J connectivity index is 0.00000107. The van der Waals surface area contributed by atoms with Gasteiger partial charge in [-0.05, 0) is 60.8 Å². The highest BCUT2D eigenvalue weighted by Gasteiger charge is 2.24. The Bertz CT molecular complexity index is 921. The number of halogens is 1. The molecule has 166 valence electrons. The Morgan fingerprint density at radius 3 is 2.48 bits per heavy atom. The number of nitrogens with one attached hydrogen (secondary N) is 1. The van der Waals surface area contributed by atoms with Crippen LogP contribution in [0.25, 0.3) is 11.6 Å². The van der Waals surface area contributed by atoms with Gasteiger partial charge in [0, 0.05) is 5.69 Å². The lowest BCUT2D eigenvalue weighted by atomic mass is 9.93. The second-order valence-corrected chi connectivity index (χ2v) is 7.70. The summed E-state index contributed by atoms with van der Waals surface area (Å²) in [5.74, 6) is 0. The van der Waals surface area contributed by atoms with Crippen molar-refractivity contribution in [3.05, 3.63) is 76.7 Å². The van der Waals surface area contributed by atoms with E-state index in [1.54, 1.807) is 0 Å². The topological polar surface area (TPSA) is 78.6 Å². The second kappa shape index (κ2) is 11.9. The standard InChI is InChI=1S/C24H29FN2O.CH3NO/c1-4-5-20(19-9-6-17(15-25)7-10-19)12-18-8-11-21-14-24(27(2)3)23(16-28)26-22(21)13-18;2-1-3/h6-13,16,24,26,28H,4-5,14-15H2,1-3H3;1H,(H2,2,3)/b20-12+,23-16?;. The van der Waals surface area contributed by atoms with Gasteiger partial charge in [0.15, 0.2) is 0 Å². The first-order chi connectivity index (χ1) is 15.0. The molecular weight excluding hydrogens is 393 g/mol. The molecule has 0 spiro atoms. The minimum Gasteiger partial charge on any atom is -0.514 e. The number of rotatable bonds is 6. The van der Waals surface area contributed by atoms with Crippen molar-refractivity contribution in [3.63, 3.8) is 0 Å². The number of alkyl halides is 1. The maximum absolute atomic E-state index is 12.8. The predicted molar refractivity (Wildman–Crippen MR) is 126 cm³/mol. The Hall–Kier alpha value is -3.12. The highest BCUT2D eigenvalue weighted by molar-refractivity contribution is 5.82. The summed E-state index contributed by atoms with van der Waals surface area (Å²) in [6.45, 7) is 1.73. The molecule has 0 bridgehead atoms. The highest BCUT2D eigenvalue weighted by atomic mass is 19.1. The maximum Gasteiger partial charge on any atom is 0.204 e. The third kappa shape index (κ3) is 6.43. The van der Waals surface area contributed by atoms with Crippen molar-refractivity contribution in [1.29, 1.82) is 0 Å². The molecule has 0 fully saturated rings. The van der Waals surface area contributed by atoms with Gasteiger partial charge in [0.25, 0.3) is 0 Å². The van der Waals surface area contributed by atoms with Crippen molar-refractivity contribution in [2.75, 3.05) is 19.4 Å². The van der Waals surface area contributed by atoms with Crippen LogP contribution < -0.4 is 11.1 Å². The number of hydrogen-bond acceptors (Lipinski definition) is 4. The van der Waals surface area contributed by atoms with E-state index in [2.05, 4.69) is 47.1 Å². The Labute approximate surface area is 184 Å². The normalized spacial score (nSPS) is 16.9. The predicted octanol–water partition coefficient (Wildman–Crippen LogP) is 4.90. The molecule has 1 aliphatic heterocycles. The van der Waals surface area contributed by atoms with Crippen LogP contribution in [-0.2, 0) is 17.9 Å². The first-order valence-corrected chi connectivity index (χ1v) is 10.4. The number of hydrogen-bond donors (Lipinski definition) is 3. The quantitative estimate of drug-likeness (QED) is 0.350. The third-order valence-electron chi connectivity index (χ3n) is 5.29. The second-order valence-electron chi connectivity index (χ2n) is 7.70. The number of benzene rings is 2. The fraction of sp³-hybridized carbons (Fsp3) is 0.320. The molecule has 3 rings (SSSR count). The van der Waals surface area contributed by atoms with Crippen molar-refractivity contribution < 1.29 is 14.3 Å². The Kier molecular flexibility index (Phi) is 9.28. The molecular formula is C25H32FN3O2. The molecule has 5 nitrogen and oxygen atoms in total. The largest absolute Gasteiger partial charge is 0.514 e. The van der Waals surface area contributed by atoms with Crippen molar-refractivity contribution in [1.82, 2.24) is 4.90 Å². The van der Waals surface area contributed by atoms with E-state index in [1.165, 1.54) is 17.4 Å². The minimum absolute atomic E-state index is 0.142. The van der Waals surface area contributed by atoms with Crippen LogP contribution in [0.5, 0.6) is 0 Å². The van der Waals surface area contributed by atoms with Gasteiger partial charge in [-0.25, -0.2) is 4.39 Å². The maximum atomic E-state index is 12.8. The van der Waals surface area contributed by atoms with E-state index in [0.29, 0.717) is 5.56 Å². The number of carbonyl (C=O) groups excluding carboxylic acids is 1. The van der Waals surface area contributed by atoms with Crippen molar-refractivity contribution in [3.8, 4) is 0 Å². The molecule has 1 heterocycles. The van der Waals surface area contributed by atoms with E-state index < -0.39 is 6.67 Å². The van der Waals surface area contributed by atoms with Gasteiger partial charge < -0.3 is 21.1 Å². The molecule has 1 atom stereocenters. The molecule has 0 aromatic heterocycles. The molecule has 0 saturated heterocycles. The molecule has 6 heteroatoms. The summed E-state index contributed by atoms with van der Waals surface area (Å²) in [7, 11) is 4.03. The van der Waals surface area contributed by atoms with Gasteiger partial charge in [-0.3, -0.25) is 4.79 Å². The number of nitrogens with zero attached hydrogens (tertiary/aromatic N) is 1. The summed E-state index contributed by atoms with van der Waals surface area (Å²) < 4.78 is 12.8. The van der Waals surface area contributed by atoms with Gasteiger partial charge in [0.1, 0.15) is 12.9 Å². The first-order valence-electron chi connectivity index (χ1n) is 10.4. The van der Waals surface area contributed by atoms with E-state index in [1.807, 2.05) is 38.4 Å². The number of aliphatic hydroxyl groups excluding tert-OH is 1. The van der Waals surface area contributed by atoms with Gasteiger partial charge in [0.2, 0.25) is 6.41 Å². The monoisotopic (exact) mass is 425 g/mol. The summed E-state index contributed by atoms with van der Waals surface area (Å²) in [6.07, 6.45) is 6.49. The molecule has 1 aliphatic rings. The Morgan fingerprint density at radius 2 is 1.94 bits per heavy atom. The Morgan fingerprint density at radius 1 is 1.26 bits per heavy atom. The summed E-state index contributed by atoms with van der Waals surface area (Å²) in [5.41, 5.74) is 11.5. The molecule has 2 aromatic carbocycles. The van der Waals surface area contributed by atoms with Crippen molar-refractivity contribution in [2.45, 2.75) is 38.9 Å². The van der Waals surface area contributed by atoms with E-state index >= 15 is 0 Å². The molecule has 31 heavy (non-hydrogen) atoms. The van der Waals surface area contributed by atoms with E-state index in [-0.39, 0.29) is 12.5 Å². The van der Waals surface area contributed by atoms with Crippen LogP contribution in [-0.4, -0.2) is 36.6 Å². The van der Waals surface area contributed by atoms with Gasteiger partial charge in [0.05, 0.1) is 11.7 Å². The number of likely N-dealkylation sites (N-methyl/N-ethyl adjacent to an activating group) is 1. The molecule has 1 amide bonds. The number of primary amides is 1. The average molecular weight is 426 g/mol. The molecule has 0 radical (unpaired) electrons. The number of nitrogens with two attached hydrogens (primary N) is 1. The summed E-state index contributed by atoms with van der Waals surface area (Å²) in [6, 6.07) is 14.3. The molecule has 0 aliphatic carbocycles. The zero-order chi connectivity index (χ0) is 22.8. The SMILES string of the molecule is CCC/C(=C\c1ccc2c(c1)NC(=CO)C(N(C)C)C2)c1ccc(CF)cc1.NC=O. The van der Waals surface area contributed by atoms with Crippen LogP contribution in [0.1, 0.15) is 42.0 Å². The summed E-state index contributed by atoms with van der Waals surface area (Å²) in [5, 5.41) is 13.0. The van der Waals surface area contributed by atoms with E-state index in [0.717, 1.165) is 41.8 Å². The number of allylic oxidation sites excluding steroid dienone is 1. The van der Waals surface area contributed by atoms with Crippen molar-refractivity contribution >= 4 is 23.7 Å². The van der Waals surface area contributed by atoms with Crippen LogP contribution in [0.4, 0.5) is 10.1 Å². The third-order valence-corrected chi connectivity index (χ3v) is 5.29. The van der Waals surface area contributed by atoms with Gasteiger partial charge in [-0.2, -0.15) is 0 Å². The zero-order valence-electron chi connectivity index (χ0n) is 18.4. The van der Waals surface area contributed by atoms with Crippen LogP contribution in [0.2, 0.25) is 0 Å². The van der Waals surface area contributed by atoms with Gasteiger partial charge in [-0.1, -0.05) is 55.8 Å². The first kappa shape index (κ1) is 24.2. The lowest BCUT2D eigenvalue weighted by molar-refractivity contribution is -0.106. The molecule has 4 N–H and O–H groups in total. The van der Waals surface area contributed by atoms with Crippen LogP contribution >= 0.6 is 0 Å². The average Bonchev–Trinajstić information content (AvgIpc) is 2.78. The molecule has 1 unspecified atom stereocenters. The zero-order valence-corrected chi connectivity index (χ0v) is 18.4. The lowest BCUT2D eigenvalue weighted by Gasteiger charge is -2.33. The lowest BCUT2D eigenvalue weighted by Crippen LogP contribution is -2.37. The van der Waals surface area contributed by atoms with Gasteiger partial charge in [-0.15, -0.1) is 0 Å². The van der Waals surface area contributed by atoms with Crippen LogP contribution in [0, 0.1) is 0 Å². The fourth-order valence-corrected chi connectivity index (χ4v) is 3.69. The number of carbonyl (C=O) groups is 1. The number of amides is 1. The van der Waals surface area contributed by atoms with Crippen LogP contribution in [0.3, 0.4) is 0 Å². The molecule has 0 saturated carbocycles. The van der Waals surface area contributed by atoms with E-state index in [4.69, 9.17) is 4.79 Å². The number of fused-ring (bicyclic) bond motifs is 1. The highest BCUT2D eigenvalue weighted by Crippen LogP contribution is 2.31. The number of anilines is 1. The summed E-state index contributed by atoms with van der Waals surface area (Å²) >= 11 is 0. The van der Waals surface area contributed by atoms with Gasteiger partial charge >= 0.3 is 0 Å². The smallest absolute Gasteiger partial charge is 0.204 e. The van der Waals surface area contributed by atoms with Crippen LogP contribution in [0.15, 0.2) is 54.4 Å². The van der Waals surface area contributed by atoms with Crippen molar-refractivity contribution in [2.24, 2.45) is 5.73 Å². The molecule has 2 aromatic rings. The van der Waals surface area contributed by atoms with E-state index in [9.17, 15) is 9.50 Å². The fourth-order valence-electron chi connectivity index (χ4n) is 3.69. The minimum atomic E-state index is -0.432. The number of aliphatic hydroxyl groups is 1. The summed E-state index contributed by atoms with van der Waals surface area (Å²) in [4.78, 5) is 10.7.